The molecule has 4 heteroatoms. The van der Waals surface area contributed by atoms with E-state index in [-0.39, 0.29) is 11.7 Å². The van der Waals surface area contributed by atoms with Crippen LogP contribution in [0.5, 0.6) is 0 Å². The maximum absolute atomic E-state index is 14.4. The smallest absolute Gasteiger partial charge is 0.147 e. The van der Waals surface area contributed by atoms with Crippen LogP contribution in [0.3, 0.4) is 0 Å². The van der Waals surface area contributed by atoms with Crippen molar-refractivity contribution in [3.05, 3.63) is 29.6 Å². The molecular formula is C17H26FN3. The van der Waals surface area contributed by atoms with Crippen LogP contribution in [-0.4, -0.2) is 18.4 Å². The number of hydrogen-bond donors (Lipinski definition) is 2. The number of amidine groups is 1. The molecule has 116 valence electrons. The van der Waals surface area contributed by atoms with E-state index < -0.39 is 0 Å². The van der Waals surface area contributed by atoms with Gasteiger partial charge < -0.3 is 10.6 Å². The Morgan fingerprint density at radius 2 is 2.05 bits per heavy atom. The van der Waals surface area contributed by atoms with Crippen molar-refractivity contribution in [2.24, 2.45) is 11.7 Å². The zero-order valence-electron chi connectivity index (χ0n) is 13.0. The van der Waals surface area contributed by atoms with E-state index in [1.165, 1.54) is 18.9 Å². The number of nitrogens with zero attached hydrogens (tertiary/aromatic N) is 1. The molecule has 0 saturated heterocycles. The Hall–Kier alpha value is -1.58. The fourth-order valence-electron chi connectivity index (χ4n) is 3.02. The van der Waals surface area contributed by atoms with Crippen LogP contribution in [0.15, 0.2) is 18.2 Å². The molecule has 1 aliphatic carbocycles. The van der Waals surface area contributed by atoms with Gasteiger partial charge >= 0.3 is 0 Å². The van der Waals surface area contributed by atoms with Crippen molar-refractivity contribution in [2.45, 2.75) is 52.0 Å². The molecule has 1 aliphatic rings. The van der Waals surface area contributed by atoms with Crippen molar-refractivity contribution in [3.63, 3.8) is 0 Å². The molecule has 0 heterocycles. The molecule has 0 radical (unpaired) electrons. The minimum Gasteiger partial charge on any atom is -0.384 e. The number of hydrogen-bond acceptors (Lipinski definition) is 2. The van der Waals surface area contributed by atoms with Crippen LogP contribution in [0.1, 0.15) is 51.5 Å². The molecule has 0 bridgehead atoms. The van der Waals surface area contributed by atoms with Gasteiger partial charge in [0.2, 0.25) is 0 Å². The van der Waals surface area contributed by atoms with Gasteiger partial charge in [0.25, 0.3) is 0 Å². The molecule has 3 N–H and O–H groups in total. The number of nitrogens with two attached hydrogens (primary N) is 1. The standard InChI is InChI=1S/C17H26FN3/c1-12(2)9-10-21(14-5-3-4-6-14)16-8-7-13(17(19)20)11-15(16)18/h7-8,11-12,14H,3-6,9-10H2,1-2H3,(H3,19,20). The van der Waals surface area contributed by atoms with Crippen LogP contribution < -0.4 is 10.6 Å². The Morgan fingerprint density at radius 1 is 1.38 bits per heavy atom. The molecule has 1 aromatic rings. The lowest BCUT2D eigenvalue weighted by Crippen LogP contribution is -2.35. The molecule has 0 spiro atoms. The van der Waals surface area contributed by atoms with Crippen LogP contribution in [0, 0.1) is 17.1 Å². The van der Waals surface area contributed by atoms with Gasteiger partial charge in [-0.2, -0.15) is 0 Å². The number of anilines is 1. The van der Waals surface area contributed by atoms with Crippen LogP contribution >= 0.6 is 0 Å². The van der Waals surface area contributed by atoms with E-state index in [1.54, 1.807) is 12.1 Å². The molecule has 1 fully saturated rings. The van der Waals surface area contributed by atoms with Gasteiger partial charge in [0.15, 0.2) is 0 Å². The van der Waals surface area contributed by atoms with Gasteiger partial charge in [-0.05, 0) is 43.4 Å². The molecule has 0 aliphatic heterocycles. The van der Waals surface area contributed by atoms with E-state index in [4.69, 9.17) is 11.1 Å². The van der Waals surface area contributed by atoms with Gasteiger partial charge in [-0.25, -0.2) is 4.39 Å². The third-order valence-corrected chi connectivity index (χ3v) is 4.28. The van der Waals surface area contributed by atoms with E-state index in [9.17, 15) is 4.39 Å². The summed E-state index contributed by atoms with van der Waals surface area (Å²) < 4.78 is 14.4. The summed E-state index contributed by atoms with van der Waals surface area (Å²) in [5.74, 6) is 0.252. The highest BCUT2D eigenvalue weighted by molar-refractivity contribution is 5.95. The first-order valence-electron chi connectivity index (χ1n) is 7.89. The summed E-state index contributed by atoms with van der Waals surface area (Å²) in [5, 5.41) is 7.41. The molecule has 0 atom stereocenters. The van der Waals surface area contributed by atoms with Crippen molar-refractivity contribution in [1.82, 2.24) is 0 Å². The van der Waals surface area contributed by atoms with Crippen molar-refractivity contribution in [3.8, 4) is 0 Å². The summed E-state index contributed by atoms with van der Waals surface area (Å²) in [7, 11) is 0. The quantitative estimate of drug-likeness (QED) is 0.617. The lowest BCUT2D eigenvalue weighted by Gasteiger charge is -2.32. The molecule has 0 amide bonds. The summed E-state index contributed by atoms with van der Waals surface area (Å²) >= 11 is 0. The predicted octanol–water partition coefficient (Wildman–Crippen LogP) is 3.90. The molecule has 21 heavy (non-hydrogen) atoms. The monoisotopic (exact) mass is 291 g/mol. The first kappa shape index (κ1) is 15.8. The average molecular weight is 291 g/mol. The third-order valence-electron chi connectivity index (χ3n) is 4.28. The lowest BCUT2D eigenvalue weighted by molar-refractivity contribution is 0.517. The summed E-state index contributed by atoms with van der Waals surface area (Å²) in [4.78, 5) is 2.23. The second-order valence-corrected chi connectivity index (χ2v) is 6.39. The fraction of sp³-hybridized carbons (Fsp3) is 0.588. The van der Waals surface area contributed by atoms with E-state index >= 15 is 0 Å². The van der Waals surface area contributed by atoms with Gasteiger partial charge in [-0.3, -0.25) is 5.41 Å². The van der Waals surface area contributed by atoms with Crippen molar-refractivity contribution >= 4 is 11.5 Å². The van der Waals surface area contributed by atoms with E-state index in [2.05, 4.69) is 18.7 Å². The van der Waals surface area contributed by atoms with Gasteiger partial charge in [0.05, 0.1) is 5.69 Å². The molecule has 1 aromatic carbocycles. The Kier molecular flexibility index (Phi) is 5.21. The Bertz CT molecular complexity index is 493. The summed E-state index contributed by atoms with van der Waals surface area (Å²) in [6, 6.07) is 5.36. The topological polar surface area (TPSA) is 53.1 Å². The van der Waals surface area contributed by atoms with Gasteiger partial charge in [-0.15, -0.1) is 0 Å². The molecular weight excluding hydrogens is 265 g/mol. The van der Waals surface area contributed by atoms with Crippen molar-refractivity contribution in [1.29, 1.82) is 5.41 Å². The molecule has 2 rings (SSSR count). The minimum atomic E-state index is -0.265. The zero-order valence-corrected chi connectivity index (χ0v) is 13.0. The van der Waals surface area contributed by atoms with Crippen LogP contribution in [0.25, 0.3) is 0 Å². The number of halogens is 1. The Labute approximate surface area is 126 Å². The van der Waals surface area contributed by atoms with E-state index in [0.717, 1.165) is 25.8 Å². The second-order valence-electron chi connectivity index (χ2n) is 6.39. The van der Waals surface area contributed by atoms with Gasteiger partial charge in [0.1, 0.15) is 11.7 Å². The zero-order chi connectivity index (χ0) is 15.4. The molecule has 1 saturated carbocycles. The highest BCUT2D eigenvalue weighted by Gasteiger charge is 2.25. The number of benzene rings is 1. The van der Waals surface area contributed by atoms with Gasteiger partial charge in [0, 0.05) is 18.2 Å². The number of nitrogens with one attached hydrogen (secondary N) is 1. The summed E-state index contributed by atoms with van der Waals surface area (Å²) in [6.45, 7) is 5.28. The van der Waals surface area contributed by atoms with Crippen LogP contribution in [-0.2, 0) is 0 Å². The first-order chi connectivity index (χ1) is 9.99. The second kappa shape index (κ2) is 6.92. The minimum absolute atomic E-state index is 0.0879. The van der Waals surface area contributed by atoms with E-state index in [0.29, 0.717) is 23.2 Å². The average Bonchev–Trinajstić information content (AvgIpc) is 2.94. The number of nitrogen functional groups attached to an aromatic ring is 1. The molecule has 0 unspecified atom stereocenters. The molecule has 0 aromatic heterocycles. The first-order valence-corrected chi connectivity index (χ1v) is 7.89. The highest BCUT2D eigenvalue weighted by Crippen LogP contribution is 2.31. The maximum atomic E-state index is 14.4. The SMILES string of the molecule is CC(C)CCN(c1ccc(C(=N)N)cc1F)C1CCCC1. The molecule has 3 nitrogen and oxygen atoms in total. The lowest BCUT2D eigenvalue weighted by atomic mass is 10.1. The van der Waals surface area contributed by atoms with Crippen LogP contribution in [0.2, 0.25) is 0 Å². The van der Waals surface area contributed by atoms with Crippen molar-refractivity contribution in [2.75, 3.05) is 11.4 Å². The summed E-state index contributed by atoms with van der Waals surface area (Å²) in [5.41, 5.74) is 6.54. The third kappa shape index (κ3) is 3.96. The largest absolute Gasteiger partial charge is 0.384 e. The predicted molar refractivity (Wildman–Crippen MR) is 86.5 cm³/mol. The van der Waals surface area contributed by atoms with Crippen molar-refractivity contribution < 1.29 is 4.39 Å². The van der Waals surface area contributed by atoms with Gasteiger partial charge in [-0.1, -0.05) is 26.7 Å². The Morgan fingerprint density at radius 3 is 2.57 bits per heavy atom. The summed E-state index contributed by atoms with van der Waals surface area (Å²) in [6.07, 6.45) is 5.81. The maximum Gasteiger partial charge on any atom is 0.147 e. The fourth-order valence-corrected chi connectivity index (χ4v) is 3.02. The normalized spacial score (nSPS) is 15.6. The van der Waals surface area contributed by atoms with Crippen LogP contribution in [0.4, 0.5) is 10.1 Å². The van der Waals surface area contributed by atoms with E-state index in [1.807, 2.05) is 0 Å². The highest BCUT2D eigenvalue weighted by atomic mass is 19.1. The number of rotatable bonds is 6. The Balaban J connectivity index is 2.24.